The van der Waals surface area contributed by atoms with Crippen LogP contribution in [0.25, 0.3) is 22.4 Å². The van der Waals surface area contributed by atoms with Crippen molar-refractivity contribution >= 4 is 34.0 Å². The van der Waals surface area contributed by atoms with E-state index in [4.69, 9.17) is 16.3 Å². The molecule has 0 bridgehead atoms. The second kappa shape index (κ2) is 7.73. The number of aromatic nitrogens is 3. The van der Waals surface area contributed by atoms with Crippen molar-refractivity contribution in [2.45, 2.75) is 13.8 Å². The molecule has 142 valence electrons. The molecule has 2 aromatic carbocycles. The van der Waals surface area contributed by atoms with Crippen LogP contribution in [-0.4, -0.2) is 21.2 Å². The van der Waals surface area contributed by atoms with Crippen molar-refractivity contribution in [2.75, 3.05) is 6.61 Å². The van der Waals surface area contributed by atoms with Gasteiger partial charge in [-0.1, -0.05) is 48.9 Å². The standard InChI is InChI=1S/C21H18ClN3O2S/c1-13(2)12-27-17-9-5-15(6-10-17)19-23-21-25(24-19)20(26)18(28-21)11-14-3-7-16(22)8-4-14/h3-11,13H,12H2,1-2H3. The molecule has 2 heterocycles. The van der Waals surface area contributed by atoms with E-state index in [-0.39, 0.29) is 5.56 Å². The molecule has 0 saturated heterocycles. The quantitative estimate of drug-likeness (QED) is 0.497. The molecule has 0 aliphatic rings. The summed E-state index contributed by atoms with van der Waals surface area (Å²) < 4.78 is 7.63. The van der Waals surface area contributed by atoms with Gasteiger partial charge < -0.3 is 4.74 Å². The highest BCUT2D eigenvalue weighted by atomic mass is 35.5. The van der Waals surface area contributed by atoms with Crippen molar-refractivity contribution < 1.29 is 4.74 Å². The van der Waals surface area contributed by atoms with Gasteiger partial charge in [-0.05, 0) is 54.0 Å². The van der Waals surface area contributed by atoms with Crippen LogP contribution in [0.3, 0.4) is 0 Å². The first-order valence-electron chi connectivity index (χ1n) is 8.90. The lowest BCUT2D eigenvalue weighted by Crippen LogP contribution is -2.23. The number of nitrogens with zero attached hydrogens (tertiary/aromatic N) is 3. The molecule has 2 aromatic heterocycles. The van der Waals surface area contributed by atoms with Gasteiger partial charge in [0.2, 0.25) is 4.96 Å². The van der Waals surface area contributed by atoms with Crippen LogP contribution >= 0.6 is 22.9 Å². The molecule has 0 aliphatic heterocycles. The van der Waals surface area contributed by atoms with Crippen LogP contribution in [0.2, 0.25) is 5.02 Å². The number of fused-ring (bicyclic) bond motifs is 1. The normalized spacial score (nSPS) is 12.2. The van der Waals surface area contributed by atoms with Crippen molar-refractivity contribution in [2.24, 2.45) is 5.92 Å². The summed E-state index contributed by atoms with van der Waals surface area (Å²) in [5, 5.41) is 5.04. The van der Waals surface area contributed by atoms with Crippen molar-refractivity contribution in [3.05, 3.63) is 74.0 Å². The van der Waals surface area contributed by atoms with Gasteiger partial charge in [-0.25, -0.2) is 0 Å². The summed E-state index contributed by atoms with van der Waals surface area (Å²) in [6, 6.07) is 14.9. The Balaban J connectivity index is 1.62. The number of ether oxygens (including phenoxy) is 1. The van der Waals surface area contributed by atoms with Gasteiger partial charge in [-0.15, -0.1) is 5.10 Å². The Kier molecular flexibility index (Phi) is 5.15. The number of hydrogen-bond donors (Lipinski definition) is 0. The van der Waals surface area contributed by atoms with Crippen molar-refractivity contribution in [1.29, 1.82) is 0 Å². The molecule has 7 heteroatoms. The minimum atomic E-state index is -0.175. The highest BCUT2D eigenvalue weighted by Gasteiger charge is 2.12. The molecule has 0 N–H and O–H groups in total. The van der Waals surface area contributed by atoms with Gasteiger partial charge in [-0.3, -0.25) is 4.79 Å². The molecule has 0 atom stereocenters. The number of thiazole rings is 1. The molecular formula is C21H18ClN3O2S. The van der Waals surface area contributed by atoms with E-state index in [9.17, 15) is 4.79 Å². The molecule has 4 aromatic rings. The number of halogens is 1. The summed E-state index contributed by atoms with van der Waals surface area (Å²) in [4.78, 5) is 17.7. The molecule has 5 nitrogen and oxygen atoms in total. The summed E-state index contributed by atoms with van der Waals surface area (Å²) >= 11 is 7.22. The van der Waals surface area contributed by atoms with E-state index in [1.54, 1.807) is 12.1 Å². The molecule has 4 rings (SSSR count). The Morgan fingerprint density at radius 1 is 1.14 bits per heavy atom. The number of hydrogen-bond acceptors (Lipinski definition) is 5. The van der Waals surface area contributed by atoms with Crippen LogP contribution in [0.5, 0.6) is 5.75 Å². The molecule has 0 radical (unpaired) electrons. The van der Waals surface area contributed by atoms with Crippen LogP contribution in [0, 0.1) is 5.92 Å². The van der Waals surface area contributed by atoms with E-state index in [2.05, 4.69) is 23.9 Å². The molecule has 0 aliphatic carbocycles. The summed E-state index contributed by atoms with van der Waals surface area (Å²) in [6.45, 7) is 4.88. The van der Waals surface area contributed by atoms with Crippen LogP contribution in [0.1, 0.15) is 19.4 Å². The van der Waals surface area contributed by atoms with E-state index in [1.807, 2.05) is 42.5 Å². The van der Waals surface area contributed by atoms with Crippen molar-refractivity contribution in [3.8, 4) is 17.1 Å². The maximum atomic E-state index is 12.6. The Labute approximate surface area is 170 Å². The zero-order valence-corrected chi connectivity index (χ0v) is 17.0. The van der Waals surface area contributed by atoms with Gasteiger partial charge in [0.15, 0.2) is 5.82 Å². The lowest BCUT2D eigenvalue weighted by Gasteiger charge is -2.08. The molecule has 0 saturated carbocycles. The predicted octanol–water partition coefficient (Wildman–Crippen LogP) is 4.05. The monoisotopic (exact) mass is 411 g/mol. The average molecular weight is 412 g/mol. The lowest BCUT2D eigenvalue weighted by molar-refractivity contribution is 0.271. The zero-order chi connectivity index (χ0) is 19.7. The fourth-order valence-corrected chi connectivity index (χ4v) is 3.66. The minimum Gasteiger partial charge on any atom is -0.493 e. The summed E-state index contributed by atoms with van der Waals surface area (Å²) in [6.07, 6.45) is 1.82. The van der Waals surface area contributed by atoms with E-state index >= 15 is 0 Å². The van der Waals surface area contributed by atoms with Gasteiger partial charge in [0.25, 0.3) is 5.56 Å². The van der Waals surface area contributed by atoms with Gasteiger partial charge in [-0.2, -0.15) is 9.50 Å². The topological polar surface area (TPSA) is 56.5 Å². The number of benzene rings is 2. The van der Waals surface area contributed by atoms with E-state index < -0.39 is 0 Å². The maximum absolute atomic E-state index is 12.6. The summed E-state index contributed by atoms with van der Waals surface area (Å²) in [5.74, 6) is 1.80. The highest BCUT2D eigenvalue weighted by molar-refractivity contribution is 7.15. The second-order valence-electron chi connectivity index (χ2n) is 6.83. The first-order chi connectivity index (χ1) is 13.5. The van der Waals surface area contributed by atoms with Crippen molar-refractivity contribution in [3.63, 3.8) is 0 Å². The van der Waals surface area contributed by atoms with Crippen molar-refractivity contribution in [1.82, 2.24) is 14.6 Å². The van der Waals surface area contributed by atoms with E-state index in [1.165, 1.54) is 15.9 Å². The molecule has 0 unspecified atom stereocenters. The Morgan fingerprint density at radius 3 is 2.50 bits per heavy atom. The SMILES string of the molecule is CC(C)COc1ccc(-c2nc3sc(=Cc4ccc(Cl)cc4)c(=O)n3n2)cc1. The van der Waals surface area contributed by atoms with Crippen LogP contribution in [0.4, 0.5) is 0 Å². The second-order valence-corrected chi connectivity index (χ2v) is 8.27. The third kappa shape index (κ3) is 3.93. The number of rotatable bonds is 5. The summed E-state index contributed by atoms with van der Waals surface area (Å²) in [5.41, 5.74) is 1.57. The fourth-order valence-electron chi connectivity index (χ4n) is 2.63. The molecule has 0 amide bonds. The van der Waals surface area contributed by atoms with Gasteiger partial charge in [0, 0.05) is 10.6 Å². The smallest absolute Gasteiger partial charge is 0.291 e. The predicted molar refractivity (Wildman–Crippen MR) is 113 cm³/mol. The molecule has 28 heavy (non-hydrogen) atoms. The van der Waals surface area contributed by atoms with E-state index in [0.29, 0.717) is 32.9 Å². The highest BCUT2D eigenvalue weighted by Crippen LogP contribution is 2.21. The Morgan fingerprint density at radius 2 is 1.86 bits per heavy atom. The third-order valence-corrected chi connectivity index (χ3v) is 5.26. The molecular weight excluding hydrogens is 394 g/mol. The van der Waals surface area contributed by atoms with Crippen LogP contribution in [-0.2, 0) is 0 Å². The molecule has 0 fully saturated rings. The third-order valence-electron chi connectivity index (χ3n) is 4.05. The average Bonchev–Trinajstić information content (AvgIpc) is 3.22. The zero-order valence-electron chi connectivity index (χ0n) is 15.4. The van der Waals surface area contributed by atoms with Gasteiger partial charge >= 0.3 is 0 Å². The Hall–Kier alpha value is -2.70. The lowest BCUT2D eigenvalue weighted by atomic mass is 10.2. The molecule has 0 spiro atoms. The summed E-state index contributed by atoms with van der Waals surface area (Å²) in [7, 11) is 0. The fraction of sp³-hybridized carbons (Fsp3) is 0.190. The van der Waals surface area contributed by atoms with E-state index in [0.717, 1.165) is 16.9 Å². The van der Waals surface area contributed by atoms with Crippen LogP contribution in [0.15, 0.2) is 53.3 Å². The van der Waals surface area contributed by atoms with Gasteiger partial charge in [0.1, 0.15) is 5.75 Å². The first-order valence-corrected chi connectivity index (χ1v) is 10.1. The Bertz CT molecular complexity index is 1210. The maximum Gasteiger partial charge on any atom is 0.291 e. The van der Waals surface area contributed by atoms with Gasteiger partial charge in [0.05, 0.1) is 11.1 Å². The van der Waals surface area contributed by atoms with Crippen LogP contribution < -0.4 is 14.8 Å². The minimum absolute atomic E-state index is 0.175. The largest absolute Gasteiger partial charge is 0.493 e. The first kappa shape index (κ1) is 18.7.